The molecule has 0 amide bonds. The van der Waals surface area contributed by atoms with Crippen LogP contribution >= 0.6 is 11.3 Å². The fourth-order valence-corrected chi connectivity index (χ4v) is 1.78. The van der Waals surface area contributed by atoms with E-state index in [-0.39, 0.29) is 0 Å². The summed E-state index contributed by atoms with van der Waals surface area (Å²) in [7, 11) is 0. The zero-order valence-corrected chi connectivity index (χ0v) is 8.10. The van der Waals surface area contributed by atoms with Crippen LogP contribution in [0.2, 0.25) is 0 Å². The van der Waals surface area contributed by atoms with Gasteiger partial charge in [-0.1, -0.05) is 18.9 Å². The van der Waals surface area contributed by atoms with Gasteiger partial charge in [0.15, 0.2) is 0 Å². The predicted molar refractivity (Wildman–Crippen MR) is 54.1 cm³/mol. The first kappa shape index (κ1) is 9.31. The molecule has 12 heavy (non-hydrogen) atoms. The quantitative estimate of drug-likeness (QED) is 0.640. The van der Waals surface area contributed by atoms with Gasteiger partial charge in [-0.05, 0) is 18.0 Å². The van der Waals surface area contributed by atoms with E-state index in [2.05, 4.69) is 35.3 Å². The SMILES string of the molecule is C#CCN(CC)Cc1cccs1. The Bertz CT molecular complexity index is 245. The van der Waals surface area contributed by atoms with Gasteiger partial charge in [0, 0.05) is 11.4 Å². The van der Waals surface area contributed by atoms with Crippen molar-refractivity contribution < 1.29 is 0 Å². The standard InChI is InChI=1S/C10H13NS/c1-3-7-11(4-2)9-10-6-5-8-12-10/h1,5-6,8H,4,7,9H2,2H3. The molecular formula is C10H13NS. The van der Waals surface area contributed by atoms with Crippen molar-refractivity contribution in [1.29, 1.82) is 0 Å². The second kappa shape index (κ2) is 4.97. The van der Waals surface area contributed by atoms with Crippen molar-refractivity contribution in [2.45, 2.75) is 13.5 Å². The van der Waals surface area contributed by atoms with Gasteiger partial charge in [0.2, 0.25) is 0 Å². The van der Waals surface area contributed by atoms with Crippen molar-refractivity contribution in [1.82, 2.24) is 4.90 Å². The van der Waals surface area contributed by atoms with Crippen molar-refractivity contribution in [3.05, 3.63) is 22.4 Å². The van der Waals surface area contributed by atoms with Gasteiger partial charge in [-0.25, -0.2) is 0 Å². The molecule has 0 aromatic carbocycles. The molecule has 1 aromatic heterocycles. The van der Waals surface area contributed by atoms with E-state index in [9.17, 15) is 0 Å². The van der Waals surface area contributed by atoms with Crippen molar-refractivity contribution in [2.24, 2.45) is 0 Å². The molecule has 0 atom stereocenters. The van der Waals surface area contributed by atoms with E-state index >= 15 is 0 Å². The normalized spacial score (nSPS) is 10.1. The molecule has 0 saturated heterocycles. The molecule has 0 aliphatic carbocycles. The van der Waals surface area contributed by atoms with Crippen LogP contribution in [0.15, 0.2) is 17.5 Å². The Balaban J connectivity index is 2.44. The van der Waals surface area contributed by atoms with Gasteiger partial charge in [-0.3, -0.25) is 4.90 Å². The third-order valence-electron chi connectivity index (χ3n) is 1.72. The van der Waals surface area contributed by atoms with Crippen molar-refractivity contribution in [3.63, 3.8) is 0 Å². The second-order valence-electron chi connectivity index (χ2n) is 2.59. The van der Waals surface area contributed by atoms with Crippen LogP contribution in [0.5, 0.6) is 0 Å². The summed E-state index contributed by atoms with van der Waals surface area (Å²) >= 11 is 1.78. The lowest BCUT2D eigenvalue weighted by Gasteiger charge is -2.15. The van der Waals surface area contributed by atoms with E-state index in [1.807, 2.05) is 0 Å². The molecule has 0 aliphatic heterocycles. The first-order chi connectivity index (χ1) is 5.86. The number of terminal acetylenes is 1. The maximum atomic E-state index is 5.25. The Kier molecular flexibility index (Phi) is 3.86. The Morgan fingerprint density at radius 3 is 3.00 bits per heavy atom. The molecule has 0 spiro atoms. The zero-order chi connectivity index (χ0) is 8.81. The Morgan fingerprint density at radius 1 is 1.67 bits per heavy atom. The molecule has 0 saturated carbocycles. The minimum absolute atomic E-state index is 0.744. The van der Waals surface area contributed by atoms with Crippen LogP contribution in [0.1, 0.15) is 11.8 Å². The average molecular weight is 179 g/mol. The molecule has 0 fully saturated rings. The summed E-state index contributed by atoms with van der Waals surface area (Å²) < 4.78 is 0. The molecular weight excluding hydrogens is 166 g/mol. The lowest BCUT2D eigenvalue weighted by molar-refractivity contribution is 0.319. The zero-order valence-electron chi connectivity index (χ0n) is 7.29. The monoisotopic (exact) mass is 179 g/mol. The molecule has 1 nitrogen and oxygen atoms in total. The lowest BCUT2D eigenvalue weighted by Crippen LogP contribution is -2.22. The van der Waals surface area contributed by atoms with Gasteiger partial charge in [0.1, 0.15) is 0 Å². The Hall–Kier alpha value is -0.780. The van der Waals surface area contributed by atoms with E-state index in [4.69, 9.17) is 6.42 Å². The Morgan fingerprint density at radius 2 is 2.50 bits per heavy atom. The molecule has 64 valence electrons. The highest BCUT2D eigenvalue weighted by atomic mass is 32.1. The van der Waals surface area contributed by atoms with Crippen LogP contribution in [0, 0.1) is 12.3 Å². The predicted octanol–water partition coefficient (Wildman–Crippen LogP) is 2.20. The van der Waals surface area contributed by atoms with Crippen LogP contribution in [-0.4, -0.2) is 18.0 Å². The summed E-state index contributed by atoms with van der Waals surface area (Å²) in [5.41, 5.74) is 0. The summed E-state index contributed by atoms with van der Waals surface area (Å²) in [6, 6.07) is 4.22. The highest BCUT2D eigenvalue weighted by Gasteiger charge is 2.01. The molecule has 1 heterocycles. The molecule has 0 N–H and O–H groups in total. The van der Waals surface area contributed by atoms with Crippen molar-refractivity contribution in [3.8, 4) is 12.3 Å². The highest BCUT2D eigenvalue weighted by Crippen LogP contribution is 2.10. The minimum Gasteiger partial charge on any atom is -0.287 e. The van der Waals surface area contributed by atoms with Gasteiger partial charge in [0.25, 0.3) is 0 Å². The number of hydrogen-bond acceptors (Lipinski definition) is 2. The molecule has 1 rings (SSSR count). The minimum atomic E-state index is 0.744. The van der Waals surface area contributed by atoms with Crippen molar-refractivity contribution >= 4 is 11.3 Å². The maximum Gasteiger partial charge on any atom is 0.0601 e. The van der Waals surface area contributed by atoms with E-state index in [0.29, 0.717) is 0 Å². The van der Waals surface area contributed by atoms with E-state index in [0.717, 1.165) is 19.6 Å². The van der Waals surface area contributed by atoms with Gasteiger partial charge in [-0.15, -0.1) is 17.8 Å². The van der Waals surface area contributed by atoms with Gasteiger partial charge >= 0.3 is 0 Å². The van der Waals surface area contributed by atoms with Crippen LogP contribution < -0.4 is 0 Å². The van der Waals surface area contributed by atoms with Gasteiger partial charge in [0.05, 0.1) is 6.54 Å². The summed E-state index contributed by atoms with van der Waals surface area (Å²) in [6.45, 7) is 4.87. The number of nitrogens with zero attached hydrogens (tertiary/aromatic N) is 1. The summed E-state index contributed by atoms with van der Waals surface area (Å²) in [5, 5.41) is 2.10. The van der Waals surface area contributed by atoms with Crippen LogP contribution in [0.3, 0.4) is 0 Å². The topological polar surface area (TPSA) is 3.24 Å². The largest absolute Gasteiger partial charge is 0.287 e. The fraction of sp³-hybridized carbons (Fsp3) is 0.400. The lowest BCUT2D eigenvalue weighted by atomic mass is 10.4. The van der Waals surface area contributed by atoms with Gasteiger partial charge < -0.3 is 0 Å². The fourth-order valence-electron chi connectivity index (χ4n) is 1.03. The third-order valence-corrected chi connectivity index (χ3v) is 2.58. The summed E-state index contributed by atoms with van der Waals surface area (Å²) in [4.78, 5) is 3.62. The molecule has 0 radical (unpaired) electrons. The average Bonchev–Trinajstić information content (AvgIpc) is 2.56. The molecule has 1 aromatic rings. The molecule has 0 aliphatic rings. The van der Waals surface area contributed by atoms with E-state index in [1.165, 1.54) is 4.88 Å². The van der Waals surface area contributed by atoms with E-state index < -0.39 is 0 Å². The smallest absolute Gasteiger partial charge is 0.0601 e. The number of hydrogen-bond donors (Lipinski definition) is 0. The van der Waals surface area contributed by atoms with Crippen LogP contribution in [0.25, 0.3) is 0 Å². The van der Waals surface area contributed by atoms with E-state index in [1.54, 1.807) is 11.3 Å². The number of thiophene rings is 1. The summed E-state index contributed by atoms with van der Waals surface area (Å²) in [6.07, 6.45) is 5.25. The summed E-state index contributed by atoms with van der Waals surface area (Å²) in [5.74, 6) is 2.66. The maximum absolute atomic E-state index is 5.25. The number of rotatable bonds is 4. The van der Waals surface area contributed by atoms with Gasteiger partial charge in [-0.2, -0.15) is 0 Å². The van der Waals surface area contributed by atoms with Crippen LogP contribution in [0.4, 0.5) is 0 Å². The Labute approximate surface area is 78.0 Å². The van der Waals surface area contributed by atoms with Crippen LogP contribution in [-0.2, 0) is 6.54 Å². The molecule has 0 bridgehead atoms. The second-order valence-corrected chi connectivity index (χ2v) is 3.62. The first-order valence-electron chi connectivity index (χ1n) is 4.05. The van der Waals surface area contributed by atoms with Crippen molar-refractivity contribution in [2.75, 3.05) is 13.1 Å². The first-order valence-corrected chi connectivity index (χ1v) is 4.93. The molecule has 0 unspecified atom stereocenters. The third kappa shape index (κ3) is 2.69. The molecule has 2 heteroatoms. The highest BCUT2D eigenvalue weighted by molar-refractivity contribution is 7.09.